The van der Waals surface area contributed by atoms with Crippen LogP contribution in [-0.4, -0.2) is 51.5 Å². The second-order valence-electron chi connectivity index (χ2n) is 6.66. The zero-order chi connectivity index (χ0) is 18.5. The van der Waals surface area contributed by atoms with E-state index in [0.717, 1.165) is 30.3 Å². The van der Waals surface area contributed by atoms with Gasteiger partial charge in [-0.15, -0.1) is 0 Å². The molecular formula is C21H24N2O4. The van der Waals surface area contributed by atoms with Crippen molar-refractivity contribution in [1.82, 2.24) is 5.32 Å². The number of hydrogen-bond acceptors (Lipinski definition) is 5. The van der Waals surface area contributed by atoms with Gasteiger partial charge in [0.05, 0.1) is 18.8 Å². The molecular weight excluding hydrogens is 344 g/mol. The highest BCUT2D eigenvalue weighted by molar-refractivity contribution is 5.99. The summed E-state index contributed by atoms with van der Waals surface area (Å²) in [4.78, 5) is 14.9. The Morgan fingerprint density at radius 3 is 2.63 bits per heavy atom. The van der Waals surface area contributed by atoms with Crippen LogP contribution in [0, 0.1) is 0 Å². The molecule has 0 spiro atoms. The fourth-order valence-electron chi connectivity index (χ4n) is 3.39. The predicted octanol–water partition coefficient (Wildman–Crippen LogP) is 2.48. The minimum absolute atomic E-state index is 0.0605. The largest absolute Gasteiger partial charge is 0.486 e. The highest BCUT2D eigenvalue weighted by atomic mass is 16.6. The van der Waals surface area contributed by atoms with Crippen LogP contribution in [0.5, 0.6) is 11.5 Å². The standard InChI is InChI=1S/C21H24N2O4/c24-21(17-5-1-2-6-18(17)23-11-13-25-14-12-23)22-10-9-16-15-26-19-7-3-4-8-20(19)27-16/h1-8,16H,9-15H2,(H,22,24). The molecule has 27 heavy (non-hydrogen) atoms. The van der Waals surface area contributed by atoms with Gasteiger partial charge >= 0.3 is 0 Å². The molecule has 1 fully saturated rings. The fourth-order valence-corrected chi connectivity index (χ4v) is 3.39. The molecule has 1 atom stereocenters. The van der Waals surface area contributed by atoms with Gasteiger partial charge < -0.3 is 24.4 Å². The maximum atomic E-state index is 12.7. The van der Waals surface area contributed by atoms with Gasteiger partial charge in [0.2, 0.25) is 0 Å². The van der Waals surface area contributed by atoms with E-state index < -0.39 is 0 Å². The number of rotatable bonds is 5. The predicted molar refractivity (Wildman–Crippen MR) is 103 cm³/mol. The fraction of sp³-hybridized carbons (Fsp3) is 0.381. The molecule has 0 bridgehead atoms. The summed E-state index contributed by atoms with van der Waals surface area (Å²) in [5.74, 6) is 1.48. The van der Waals surface area contributed by atoms with Crippen molar-refractivity contribution < 1.29 is 19.0 Å². The number of nitrogens with one attached hydrogen (secondary N) is 1. The van der Waals surface area contributed by atoms with Gasteiger partial charge in [0.25, 0.3) is 5.91 Å². The first-order valence-electron chi connectivity index (χ1n) is 9.39. The third kappa shape index (κ3) is 4.17. The summed E-state index contributed by atoms with van der Waals surface area (Å²) in [6.07, 6.45) is 0.634. The Hall–Kier alpha value is -2.73. The third-order valence-electron chi connectivity index (χ3n) is 4.82. The Kier molecular flexibility index (Phi) is 5.44. The van der Waals surface area contributed by atoms with E-state index in [4.69, 9.17) is 14.2 Å². The van der Waals surface area contributed by atoms with Gasteiger partial charge in [-0.3, -0.25) is 4.79 Å². The molecule has 142 valence electrons. The van der Waals surface area contributed by atoms with E-state index in [1.807, 2.05) is 48.5 Å². The Bertz CT molecular complexity index is 789. The number of morpholine rings is 1. The molecule has 2 heterocycles. The van der Waals surface area contributed by atoms with Gasteiger partial charge in [-0.2, -0.15) is 0 Å². The van der Waals surface area contributed by atoms with Crippen LogP contribution < -0.4 is 19.7 Å². The molecule has 2 aliphatic rings. The van der Waals surface area contributed by atoms with Crippen LogP contribution >= 0.6 is 0 Å². The number of carbonyl (C=O) groups excluding carboxylic acids is 1. The number of nitrogens with zero attached hydrogens (tertiary/aromatic N) is 1. The molecule has 2 aromatic carbocycles. The molecule has 6 heteroatoms. The normalized spacial score (nSPS) is 18.8. The average molecular weight is 368 g/mol. The summed E-state index contributed by atoms with van der Waals surface area (Å²) in [5.41, 5.74) is 1.66. The van der Waals surface area contributed by atoms with Gasteiger partial charge in [0.1, 0.15) is 12.7 Å². The van der Waals surface area contributed by atoms with E-state index in [9.17, 15) is 4.79 Å². The van der Waals surface area contributed by atoms with E-state index in [1.54, 1.807) is 0 Å². The van der Waals surface area contributed by atoms with Gasteiger partial charge in [-0.25, -0.2) is 0 Å². The molecule has 0 radical (unpaired) electrons. The zero-order valence-electron chi connectivity index (χ0n) is 15.2. The first-order valence-corrected chi connectivity index (χ1v) is 9.39. The lowest BCUT2D eigenvalue weighted by Gasteiger charge is -2.30. The molecule has 0 aliphatic carbocycles. The van der Waals surface area contributed by atoms with E-state index in [0.29, 0.717) is 38.3 Å². The van der Waals surface area contributed by atoms with Crippen LogP contribution in [0.2, 0.25) is 0 Å². The smallest absolute Gasteiger partial charge is 0.253 e. The summed E-state index contributed by atoms with van der Waals surface area (Å²) >= 11 is 0. The molecule has 6 nitrogen and oxygen atoms in total. The minimum Gasteiger partial charge on any atom is -0.486 e. The van der Waals surface area contributed by atoms with Crippen LogP contribution in [0.15, 0.2) is 48.5 Å². The van der Waals surface area contributed by atoms with Crippen molar-refractivity contribution in [2.24, 2.45) is 0 Å². The van der Waals surface area contributed by atoms with Gasteiger partial charge in [-0.05, 0) is 24.3 Å². The van der Waals surface area contributed by atoms with Crippen LogP contribution in [0.25, 0.3) is 0 Å². The highest BCUT2D eigenvalue weighted by Crippen LogP contribution is 2.31. The molecule has 1 saturated heterocycles. The number of fused-ring (bicyclic) bond motifs is 1. The molecule has 2 aromatic rings. The van der Waals surface area contributed by atoms with Crippen molar-refractivity contribution in [3.05, 3.63) is 54.1 Å². The number of ether oxygens (including phenoxy) is 3. The number of amides is 1. The average Bonchev–Trinajstić information content (AvgIpc) is 2.74. The highest BCUT2D eigenvalue weighted by Gasteiger charge is 2.21. The van der Waals surface area contributed by atoms with Crippen molar-refractivity contribution in [1.29, 1.82) is 0 Å². The van der Waals surface area contributed by atoms with Crippen molar-refractivity contribution >= 4 is 11.6 Å². The van der Waals surface area contributed by atoms with E-state index >= 15 is 0 Å². The van der Waals surface area contributed by atoms with E-state index in [1.165, 1.54) is 0 Å². The van der Waals surface area contributed by atoms with Crippen molar-refractivity contribution in [3.8, 4) is 11.5 Å². The van der Waals surface area contributed by atoms with Crippen LogP contribution in [0.1, 0.15) is 16.8 Å². The summed E-state index contributed by atoms with van der Waals surface area (Å²) in [6, 6.07) is 15.4. The van der Waals surface area contributed by atoms with E-state index in [-0.39, 0.29) is 12.0 Å². The van der Waals surface area contributed by atoms with Crippen LogP contribution in [0.4, 0.5) is 5.69 Å². The molecule has 1 amide bonds. The Balaban J connectivity index is 1.33. The van der Waals surface area contributed by atoms with Gasteiger partial charge in [0.15, 0.2) is 11.5 Å². The summed E-state index contributed by atoms with van der Waals surface area (Å²) in [7, 11) is 0. The Labute approximate surface area is 159 Å². The Morgan fingerprint density at radius 1 is 1.04 bits per heavy atom. The molecule has 1 unspecified atom stereocenters. The van der Waals surface area contributed by atoms with Crippen molar-refractivity contribution in [3.63, 3.8) is 0 Å². The molecule has 4 rings (SSSR count). The maximum absolute atomic E-state index is 12.7. The summed E-state index contributed by atoms with van der Waals surface area (Å²) in [6.45, 7) is 4.02. The quantitative estimate of drug-likeness (QED) is 0.879. The number of carbonyl (C=O) groups is 1. The molecule has 0 saturated carbocycles. The lowest BCUT2D eigenvalue weighted by atomic mass is 10.1. The second kappa shape index (κ2) is 8.31. The Morgan fingerprint density at radius 2 is 1.78 bits per heavy atom. The number of para-hydroxylation sites is 3. The SMILES string of the molecule is O=C(NCCC1COc2ccccc2O1)c1ccccc1N1CCOCC1. The summed E-state index contributed by atoms with van der Waals surface area (Å²) < 4.78 is 17.1. The lowest BCUT2D eigenvalue weighted by molar-refractivity contribution is 0.0812. The van der Waals surface area contributed by atoms with Gasteiger partial charge in [0, 0.05) is 31.7 Å². The van der Waals surface area contributed by atoms with Crippen molar-refractivity contribution in [2.45, 2.75) is 12.5 Å². The van der Waals surface area contributed by atoms with Crippen LogP contribution in [0.3, 0.4) is 0 Å². The van der Waals surface area contributed by atoms with Gasteiger partial charge in [-0.1, -0.05) is 24.3 Å². The lowest BCUT2D eigenvalue weighted by Crippen LogP contribution is -2.38. The number of hydrogen-bond donors (Lipinski definition) is 1. The second-order valence-corrected chi connectivity index (χ2v) is 6.66. The number of anilines is 1. The zero-order valence-corrected chi connectivity index (χ0v) is 15.2. The van der Waals surface area contributed by atoms with Crippen LogP contribution in [-0.2, 0) is 4.74 Å². The molecule has 0 aromatic heterocycles. The first-order chi connectivity index (χ1) is 13.3. The summed E-state index contributed by atoms with van der Waals surface area (Å²) in [5, 5.41) is 3.02. The first kappa shape index (κ1) is 17.7. The van der Waals surface area contributed by atoms with Crippen molar-refractivity contribution in [2.75, 3.05) is 44.4 Å². The van der Waals surface area contributed by atoms with E-state index in [2.05, 4.69) is 10.2 Å². The molecule has 2 aliphatic heterocycles. The monoisotopic (exact) mass is 368 g/mol. The number of benzene rings is 2. The third-order valence-corrected chi connectivity index (χ3v) is 4.82. The maximum Gasteiger partial charge on any atom is 0.253 e. The minimum atomic E-state index is -0.0609. The molecule has 1 N–H and O–H groups in total. The topological polar surface area (TPSA) is 60.0 Å².